The number of amides is 1. The van der Waals surface area contributed by atoms with Crippen molar-refractivity contribution in [1.82, 2.24) is 30.0 Å². The van der Waals surface area contributed by atoms with E-state index in [1.165, 1.54) is 5.56 Å². The van der Waals surface area contributed by atoms with Gasteiger partial charge < -0.3 is 18.7 Å². The number of hydrogen-bond donors (Lipinski definition) is 1. The van der Waals surface area contributed by atoms with Gasteiger partial charge in [-0.15, -0.1) is 10.2 Å². The highest BCUT2D eigenvalue weighted by atomic mass is 16.4. The Labute approximate surface area is 200 Å². The third kappa shape index (κ3) is 3.26. The molecule has 5 aromatic rings. The molecule has 1 aromatic carbocycles. The molecule has 0 bridgehead atoms. The molecule has 0 radical (unpaired) electrons. The predicted molar refractivity (Wildman–Crippen MR) is 126 cm³/mol. The molecule has 5 heterocycles. The van der Waals surface area contributed by atoms with Gasteiger partial charge in [0.05, 0.1) is 12.0 Å². The molecule has 35 heavy (non-hydrogen) atoms. The number of aromatic nitrogens is 5. The minimum absolute atomic E-state index is 0.0728. The first-order chi connectivity index (χ1) is 17.2. The molecule has 1 amide bonds. The zero-order valence-electron chi connectivity index (χ0n) is 19.1. The van der Waals surface area contributed by atoms with Crippen molar-refractivity contribution in [3.63, 3.8) is 0 Å². The second-order valence-corrected chi connectivity index (χ2v) is 9.14. The lowest BCUT2D eigenvalue weighted by molar-refractivity contribution is 0.0631. The number of fused-ring (bicyclic) bond motifs is 2. The van der Waals surface area contributed by atoms with Crippen molar-refractivity contribution < 1.29 is 13.6 Å². The largest absolute Gasteiger partial charge is 0.458 e. The van der Waals surface area contributed by atoms with Crippen LogP contribution in [0.25, 0.3) is 22.6 Å². The first-order valence-electron chi connectivity index (χ1n) is 11.8. The maximum Gasteiger partial charge on any atom is 0.312 e. The predicted octanol–water partition coefficient (Wildman–Crippen LogP) is 4.57. The lowest BCUT2D eigenvalue weighted by Gasteiger charge is -2.33. The van der Waals surface area contributed by atoms with Gasteiger partial charge in [0.25, 0.3) is 5.89 Å². The molecule has 0 spiro atoms. The third-order valence-corrected chi connectivity index (χ3v) is 6.80. The fourth-order valence-electron chi connectivity index (χ4n) is 5.04. The average molecular weight is 467 g/mol. The van der Waals surface area contributed by atoms with Crippen molar-refractivity contribution >= 4 is 16.9 Å². The first-order valence-corrected chi connectivity index (χ1v) is 11.8. The maximum absolute atomic E-state index is 13.8. The average Bonchev–Trinajstić information content (AvgIpc) is 3.27. The summed E-state index contributed by atoms with van der Waals surface area (Å²) in [6.45, 7) is 2.36. The number of aryl methyl sites for hydroxylation is 1. The molecule has 9 heteroatoms. The van der Waals surface area contributed by atoms with Crippen LogP contribution in [0.3, 0.4) is 0 Å². The van der Waals surface area contributed by atoms with Gasteiger partial charge in [-0.2, -0.15) is 0 Å². The van der Waals surface area contributed by atoms with E-state index in [4.69, 9.17) is 8.83 Å². The summed E-state index contributed by atoms with van der Waals surface area (Å²) in [5, 5.41) is 9.27. The second-order valence-electron chi connectivity index (χ2n) is 9.14. The molecule has 1 atom stereocenters. The normalized spacial score (nSPS) is 17.6. The van der Waals surface area contributed by atoms with Crippen molar-refractivity contribution in [2.24, 2.45) is 0 Å². The lowest BCUT2D eigenvalue weighted by atomic mass is 9.95. The number of nitrogens with one attached hydrogen (secondary N) is 1. The molecule has 4 aromatic heterocycles. The number of H-pyrrole nitrogens is 1. The standard InChI is InChI=1S/C26H22N6O3/c1-14-5-4-7-18(29-14)24-30-31-25(35-24)26(33)32-12-11-17-21(28-13-27-17)22(32)23-20(15-9-10-15)16-6-2-3-8-19(16)34-23/h2-8,13,15,22H,9-12H2,1H3,(H,27,28)/t22-/m0/s1. The van der Waals surface area contributed by atoms with Gasteiger partial charge in [0, 0.05) is 35.3 Å². The lowest BCUT2D eigenvalue weighted by Crippen LogP contribution is -2.41. The number of aromatic amines is 1. The summed E-state index contributed by atoms with van der Waals surface area (Å²) >= 11 is 0. The molecule has 0 unspecified atom stereocenters. The van der Waals surface area contributed by atoms with E-state index in [-0.39, 0.29) is 17.7 Å². The smallest absolute Gasteiger partial charge is 0.312 e. The van der Waals surface area contributed by atoms with Crippen molar-refractivity contribution in [2.45, 2.75) is 38.1 Å². The van der Waals surface area contributed by atoms with Crippen LogP contribution in [0.2, 0.25) is 0 Å². The third-order valence-electron chi connectivity index (χ3n) is 6.80. The van der Waals surface area contributed by atoms with Crippen LogP contribution in [0.1, 0.15) is 63.9 Å². The van der Waals surface area contributed by atoms with Gasteiger partial charge in [0.15, 0.2) is 0 Å². The van der Waals surface area contributed by atoms with Crippen molar-refractivity contribution in [1.29, 1.82) is 0 Å². The monoisotopic (exact) mass is 466 g/mol. The van der Waals surface area contributed by atoms with Gasteiger partial charge in [-0.05, 0) is 43.9 Å². The molecule has 1 aliphatic heterocycles. The molecule has 7 rings (SSSR count). The Morgan fingerprint density at radius 1 is 1.09 bits per heavy atom. The van der Waals surface area contributed by atoms with Gasteiger partial charge in [0.1, 0.15) is 23.1 Å². The van der Waals surface area contributed by atoms with E-state index >= 15 is 0 Å². The molecule has 1 fully saturated rings. The fraction of sp³-hybridized carbons (Fsp3) is 0.269. The molecular weight excluding hydrogens is 444 g/mol. The Morgan fingerprint density at radius 2 is 1.97 bits per heavy atom. The Kier molecular flexibility index (Phi) is 4.39. The van der Waals surface area contributed by atoms with E-state index in [1.54, 1.807) is 17.3 Å². The number of imidazole rings is 1. The number of nitrogens with zero attached hydrogens (tertiary/aromatic N) is 5. The van der Waals surface area contributed by atoms with Crippen LogP contribution in [-0.2, 0) is 6.42 Å². The highest BCUT2D eigenvalue weighted by molar-refractivity contribution is 5.91. The van der Waals surface area contributed by atoms with E-state index in [9.17, 15) is 4.79 Å². The van der Waals surface area contributed by atoms with Gasteiger partial charge in [-0.25, -0.2) is 9.97 Å². The van der Waals surface area contributed by atoms with Crippen LogP contribution in [0.5, 0.6) is 0 Å². The number of rotatable bonds is 4. The van der Waals surface area contributed by atoms with Crippen LogP contribution in [0.15, 0.2) is 57.6 Å². The Balaban J connectivity index is 1.33. The van der Waals surface area contributed by atoms with Crippen LogP contribution in [0, 0.1) is 6.92 Å². The summed E-state index contributed by atoms with van der Waals surface area (Å²) in [5.74, 6) is 0.995. The molecule has 1 saturated carbocycles. The first kappa shape index (κ1) is 20.1. The number of para-hydroxylation sites is 1. The summed E-state index contributed by atoms with van der Waals surface area (Å²) in [5.41, 5.74) is 5.17. The Morgan fingerprint density at radius 3 is 2.83 bits per heavy atom. The van der Waals surface area contributed by atoms with Crippen LogP contribution in [0.4, 0.5) is 0 Å². The summed E-state index contributed by atoms with van der Waals surface area (Å²) in [6, 6.07) is 13.1. The van der Waals surface area contributed by atoms with Crippen LogP contribution < -0.4 is 0 Å². The Hall–Kier alpha value is -4.27. The molecule has 2 aliphatic rings. The Bertz CT molecular complexity index is 1580. The molecule has 1 aliphatic carbocycles. The summed E-state index contributed by atoms with van der Waals surface area (Å²) < 4.78 is 12.3. The quantitative estimate of drug-likeness (QED) is 0.412. The molecule has 1 N–H and O–H groups in total. The second kappa shape index (κ2) is 7.63. The fourth-order valence-corrected chi connectivity index (χ4v) is 5.04. The van der Waals surface area contributed by atoms with Gasteiger partial charge >= 0.3 is 11.8 Å². The van der Waals surface area contributed by atoms with E-state index in [0.717, 1.165) is 46.7 Å². The van der Waals surface area contributed by atoms with E-state index < -0.39 is 6.04 Å². The zero-order valence-corrected chi connectivity index (χ0v) is 19.1. The topological polar surface area (TPSA) is 114 Å². The number of pyridine rings is 1. The SMILES string of the molecule is Cc1cccc(-c2nnc(C(=O)N3CCc4[nH]cnc4[C@H]3c3oc4ccccc4c3C3CC3)o2)n1. The number of carbonyl (C=O) groups is 1. The molecule has 0 saturated heterocycles. The minimum atomic E-state index is -0.479. The summed E-state index contributed by atoms with van der Waals surface area (Å²) in [7, 11) is 0. The van der Waals surface area contributed by atoms with Gasteiger partial charge in [-0.3, -0.25) is 4.79 Å². The summed E-state index contributed by atoms with van der Waals surface area (Å²) in [6.07, 6.45) is 4.55. The van der Waals surface area contributed by atoms with Crippen molar-refractivity contribution in [2.75, 3.05) is 6.54 Å². The maximum atomic E-state index is 13.8. The highest BCUT2D eigenvalue weighted by Gasteiger charge is 2.42. The van der Waals surface area contributed by atoms with Crippen molar-refractivity contribution in [3.05, 3.63) is 83.1 Å². The van der Waals surface area contributed by atoms with Gasteiger partial charge in [-0.1, -0.05) is 24.3 Å². The van der Waals surface area contributed by atoms with E-state index in [0.29, 0.717) is 24.6 Å². The number of hydrogen-bond acceptors (Lipinski definition) is 7. The van der Waals surface area contributed by atoms with Crippen LogP contribution >= 0.6 is 0 Å². The zero-order chi connectivity index (χ0) is 23.5. The number of carbonyl (C=O) groups excluding carboxylic acids is 1. The van der Waals surface area contributed by atoms with Gasteiger partial charge in [0.2, 0.25) is 0 Å². The highest BCUT2D eigenvalue weighted by Crippen LogP contribution is 2.50. The number of benzene rings is 1. The minimum Gasteiger partial charge on any atom is -0.458 e. The van der Waals surface area contributed by atoms with E-state index in [2.05, 4.69) is 31.2 Å². The molecular formula is C26H22N6O3. The van der Waals surface area contributed by atoms with Crippen molar-refractivity contribution in [3.8, 4) is 11.6 Å². The van der Waals surface area contributed by atoms with E-state index in [1.807, 2.05) is 37.3 Å². The number of furan rings is 1. The summed E-state index contributed by atoms with van der Waals surface area (Å²) in [4.78, 5) is 27.8. The molecule has 174 valence electrons. The van der Waals surface area contributed by atoms with Crippen LogP contribution in [-0.4, -0.2) is 42.5 Å². The molecule has 9 nitrogen and oxygen atoms in total.